The Kier molecular flexibility index (Phi) is 5.59. The average Bonchev–Trinajstić information content (AvgIpc) is 3.48. The van der Waals surface area contributed by atoms with E-state index in [9.17, 15) is 14.0 Å². The van der Waals surface area contributed by atoms with E-state index in [2.05, 4.69) is 20.3 Å². The van der Waals surface area contributed by atoms with Crippen LogP contribution in [-0.2, 0) is 18.4 Å². The molecule has 4 heterocycles. The molecule has 1 aromatic carbocycles. The lowest BCUT2D eigenvalue weighted by atomic mass is 10.2. The van der Waals surface area contributed by atoms with Gasteiger partial charge < -0.3 is 10.2 Å². The molecule has 4 aromatic rings. The summed E-state index contributed by atoms with van der Waals surface area (Å²) in [6.07, 6.45) is 3.00. The van der Waals surface area contributed by atoms with Crippen molar-refractivity contribution in [3.63, 3.8) is 0 Å². The molecule has 0 bridgehead atoms. The first kappa shape index (κ1) is 21.2. The summed E-state index contributed by atoms with van der Waals surface area (Å²) < 4.78 is 15.5. The molecule has 1 atom stereocenters. The fourth-order valence-electron chi connectivity index (χ4n) is 4.00. The molecule has 1 amide bonds. The number of aromatic nitrogens is 4. The molecular weight excluding hydrogens is 443 g/mol. The van der Waals surface area contributed by atoms with Crippen molar-refractivity contribution < 1.29 is 9.18 Å². The van der Waals surface area contributed by atoms with Crippen molar-refractivity contribution in [3.8, 4) is 11.5 Å². The molecule has 8 nitrogen and oxygen atoms in total. The summed E-state index contributed by atoms with van der Waals surface area (Å²) in [5.74, 6) is -0.495. The largest absolute Gasteiger partial charge is 0.350 e. The SMILES string of the molecule is Cn1c(-c2ncccc2F)nc2sc(N3CCC[C@@H]3C(=O)NCc3ccccc3)nc2c1=O. The highest BCUT2D eigenvalue weighted by atomic mass is 32.1. The summed E-state index contributed by atoms with van der Waals surface area (Å²) in [6, 6.07) is 12.1. The molecule has 1 saturated heterocycles. The number of hydrogen-bond donors (Lipinski definition) is 1. The van der Waals surface area contributed by atoms with Crippen molar-refractivity contribution in [1.82, 2.24) is 24.8 Å². The summed E-state index contributed by atoms with van der Waals surface area (Å²) >= 11 is 1.23. The lowest BCUT2D eigenvalue weighted by Gasteiger charge is -2.23. The number of amides is 1. The van der Waals surface area contributed by atoms with Crippen molar-refractivity contribution in [1.29, 1.82) is 0 Å². The van der Waals surface area contributed by atoms with Crippen LogP contribution in [0.25, 0.3) is 21.9 Å². The van der Waals surface area contributed by atoms with E-state index in [1.165, 1.54) is 41.3 Å². The van der Waals surface area contributed by atoms with Gasteiger partial charge >= 0.3 is 0 Å². The molecule has 0 saturated carbocycles. The Bertz CT molecular complexity index is 1390. The zero-order valence-corrected chi connectivity index (χ0v) is 18.7. The van der Waals surface area contributed by atoms with Crippen molar-refractivity contribution in [2.24, 2.45) is 7.05 Å². The van der Waals surface area contributed by atoms with Crippen molar-refractivity contribution in [3.05, 3.63) is 70.4 Å². The van der Waals surface area contributed by atoms with Gasteiger partial charge in [0.05, 0.1) is 0 Å². The molecule has 0 aliphatic carbocycles. The Morgan fingerprint density at radius 1 is 1.21 bits per heavy atom. The van der Waals surface area contributed by atoms with Crippen LogP contribution in [0.2, 0.25) is 0 Å². The van der Waals surface area contributed by atoms with E-state index in [0.717, 1.165) is 12.0 Å². The van der Waals surface area contributed by atoms with Crippen LogP contribution >= 0.6 is 11.3 Å². The van der Waals surface area contributed by atoms with Gasteiger partial charge in [-0.05, 0) is 30.5 Å². The van der Waals surface area contributed by atoms with Crippen LogP contribution in [0, 0.1) is 5.82 Å². The number of benzene rings is 1. The molecule has 10 heteroatoms. The van der Waals surface area contributed by atoms with Crippen LogP contribution in [-0.4, -0.2) is 38.0 Å². The minimum atomic E-state index is -0.557. The zero-order chi connectivity index (χ0) is 22.9. The van der Waals surface area contributed by atoms with E-state index in [-0.39, 0.29) is 34.5 Å². The summed E-state index contributed by atoms with van der Waals surface area (Å²) in [4.78, 5) is 41.2. The van der Waals surface area contributed by atoms with Gasteiger partial charge in [-0.3, -0.25) is 14.2 Å². The lowest BCUT2D eigenvalue weighted by Crippen LogP contribution is -2.43. The Morgan fingerprint density at radius 2 is 2.03 bits per heavy atom. The topological polar surface area (TPSA) is 93.0 Å². The molecule has 1 aliphatic rings. The highest BCUT2D eigenvalue weighted by Gasteiger charge is 2.33. The number of nitrogens with one attached hydrogen (secondary N) is 1. The summed E-state index contributed by atoms with van der Waals surface area (Å²) in [5.41, 5.74) is 0.852. The molecule has 0 radical (unpaired) electrons. The van der Waals surface area contributed by atoms with Crippen LogP contribution < -0.4 is 15.8 Å². The molecule has 33 heavy (non-hydrogen) atoms. The molecular formula is C23H21FN6O2S. The number of anilines is 1. The number of carbonyl (C=O) groups is 1. The van der Waals surface area contributed by atoms with Gasteiger partial charge in [0.15, 0.2) is 27.1 Å². The number of thiazole rings is 1. The summed E-state index contributed by atoms with van der Waals surface area (Å²) in [6.45, 7) is 1.11. The molecule has 1 aliphatic heterocycles. The number of nitrogens with zero attached hydrogens (tertiary/aromatic N) is 5. The lowest BCUT2D eigenvalue weighted by molar-refractivity contribution is -0.122. The first-order valence-electron chi connectivity index (χ1n) is 10.6. The van der Waals surface area contributed by atoms with Crippen LogP contribution in [0.15, 0.2) is 53.5 Å². The van der Waals surface area contributed by atoms with E-state index in [1.54, 1.807) is 0 Å². The summed E-state index contributed by atoms with van der Waals surface area (Å²) in [7, 11) is 1.52. The van der Waals surface area contributed by atoms with Crippen LogP contribution in [0.5, 0.6) is 0 Å². The van der Waals surface area contributed by atoms with E-state index >= 15 is 0 Å². The van der Waals surface area contributed by atoms with Crippen LogP contribution in [0.3, 0.4) is 0 Å². The van der Waals surface area contributed by atoms with E-state index < -0.39 is 5.82 Å². The second-order valence-electron chi connectivity index (χ2n) is 7.84. The third-order valence-corrected chi connectivity index (χ3v) is 6.70. The number of fused-ring (bicyclic) bond motifs is 1. The average molecular weight is 465 g/mol. The smallest absolute Gasteiger partial charge is 0.281 e. The second kappa shape index (κ2) is 8.70. The normalized spacial score (nSPS) is 15.8. The maximum Gasteiger partial charge on any atom is 0.281 e. The van der Waals surface area contributed by atoms with Gasteiger partial charge in [-0.2, -0.15) is 0 Å². The maximum atomic E-state index is 14.3. The van der Waals surface area contributed by atoms with E-state index in [0.29, 0.717) is 29.5 Å². The minimum Gasteiger partial charge on any atom is -0.350 e. The predicted octanol–water partition coefficient (Wildman–Crippen LogP) is 2.88. The Balaban J connectivity index is 1.44. The minimum absolute atomic E-state index is 0.00767. The van der Waals surface area contributed by atoms with E-state index in [1.807, 2.05) is 35.2 Å². The molecule has 168 valence electrons. The number of pyridine rings is 1. The van der Waals surface area contributed by atoms with Crippen LogP contribution in [0.1, 0.15) is 18.4 Å². The highest BCUT2D eigenvalue weighted by molar-refractivity contribution is 7.21. The molecule has 0 unspecified atom stereocenters. The van der Waals surface area contributed by atoms with Crippen LogP contribution in [0.4, 0.5) is 9.52 Å². The van der Waals surface area contributed by atoms with E-state index in [4.69, 9.17) is 0 Å². The van der Waals surface area contributed by atoms with Gasteiger partial charge in [0, 0.05) is 26.3 Å². The van der Waals surface area contributed by atoms with Gasteiger partial charge in [-0.1, -0.05) is 41.7 Å². The number of rotatable bonds is 5. The molecule has 5 rings (SSSR count). The fourth-order valence-corrected chi connectivity index (χ4v) is 5.01. The predicted molar refractivity (Wildman–Crippen MR) is 125 cm³/mol. The Hall–Kier alpha value is -3.66. The molecule has 1 fully saturated rings. The quantitative estimate of drug-likeness (QED) is 0.488. The van der Waals surface area contributed by atoms with Crippen molar-refractivity contribution in [2.75, 3.05) is 11.4 Å². The molecule has 1 N–H and O–H groups in total. The van der Waals surface area contributed by atoms with Crippen molar-refractivity contribution in [2.45, 2.75) is 25.4 Å². The first-order chi connectivity index (χ1) is 16.0. The Labute approximate surface area is 192 Å². The monoisotopic (exact) mass is 464 g/mol. The van der Waals surface area contributed by atoms with Gasteiger partial charge in [-0.15, -0.1) is 0 Å². The third-order valence-electron chi connectivity index (χ3n) is 5.71. The first-order valence-corrected chi connectivity index (χ1v) is 11.4. The highest BCUT2D eigenvalue weighted by Crippen LogP contribution is 2.32. The zero-order valence-electron chi connectivity index (χ0n) is 17.9. The number of halogens is 1. The Morgan fingerprint density at radius 3 is 2.82 bits per heavy atom. The number of carbonyl (C=O) groups excluding carboxylic acids is 1. The second-order valence-corrected chi connectivity index (χ2v) is 8.79. The van der Waals surface area contributed by atoms with Crippen molar-refractivity contribution >= 4 is 32.7 Å². The van der Waals surface area contributed by atoms with Gasteiger partial charge in [0.2, 0.25) is 5.91 Å². The molecule has 3 aromatic heterocycles. The van der Waals surface area contributed by atoms with Gasteiger partial charge in [0.25, 0.3) is 5.56 Å². The van der Waals surface area contributed by atoms with Gasteiger partial charge in [0.1, 0.15) is 11.7 Å². The van der Waals surface area contributed by atoms with Gasteiger partial charge in [-0.25, -0.2) is 19.3 Å². The maximum absolute atomic E-state index is 14.3. The molecule has 0 spiro atoms. The fraction of sp³-hybridized carbons (Fsp3) is 0.261. The standard InChI is InChI=1S/C23H21FN6O2S/c1-29-19(17-15(24)9-5-11-25-17)28-21-18(22(29)32)27-23(33-21)30-12-6-10-16(30)20(31)26-13-14-7-3-2-4-8-14/h2-5,7-9,11,16H,6,10,12-13H2,1H3,(H,26,31)/t16-/m1/s1. The number of hydrogen-bond acceptors (Lipinski definition) is 7. The third kappa shape index (κ3) is 3.97. The summed E-state index contributed by atoms with van der Waals surface area (Å²) in [5, 5.41) is 3.56.